The second-order valence-electron chi connectivity index (χ2n) is 3.09. The van der Waals surface area contributed by atoms with Gasteiger partial charge in [-0.25, -0.2) is 4.79 Å². The fraction of sp³-hybridized carbons (Fsp3) is 0.300. The fourth-order valence-corrected chi connectivity index (χ4v) is 1.32. The molecule has 3 nitrogen and oxygen atoms in total. The maximum absolute atomic E-state index is 10.4. The number of hydrogen-bond acceptors (Lipinski definition) is 2. The lowest BCUT2D eigenvalue weighted by molar-refractivity contribution is 0.151. The third-order valence-electron chi connectivity index (χ3n) is 1.89. The van der Waals surface area contributed by atoms with Gasteiger partial charge in [0.15, 0.2) is 0 Å². The lowest BCUT2D eigenvalue weighted by Gasteiger charge is -2.11. The Morgan fingerprint density at radius 1 is 1.64 bits per heavy atom. The van der Waals surface area contributed by atoms with E-state index in [1.54, 1.807) is 6.07 Å². The quantitative estimate of drug-likeness (QED) is 0.839. The molecule has 1 rings (SSSR count). The SMILES string of the molecule is C[C@@H](COC(N)=O)c1cccc(Cl)c1. The van der Waals surface area contributed by atoms with Crippen LogP contribution in [0.2, 0.25) is 5.02 Å². The summed E-state index contributed by atoms with van der Waals surface area (Å²) in [4.78, 5) is 10.4. The summed E-state index contributed by atoms with van der Waals surface area (Å²) >= 11 is 5.82. The predicted molar refractivity (Wildman–Crippen MR) is 55.4 cm³/mol. The Kier molecular flexibility index (Phi) is 3.77. The van der Waals surface area contributed by atoms with Crippen molar-refractivity contribution in [2.75, 3.05) is 6.61 Å². The molecule has 2 N–H and O–H groups in total. The molecule has 1 atom stereocenters. The van der Waals surface area contributed by atoms with E-state index in [-0.39, 0.29) is 12.5 Å². The lowest BCUT2D eigenvalue weighted by atomic mass is 10.0. The number of carbonyl (C=O) groups is 1. The summed E-state index contributed by atoms with van der Waals surface area (Å²) in [6.07, 6.45) is -0.751. The Morgan fingerprint density at radius 2 is 2.36 bits per heavy atom. The standard InChI is InChI=1S/C10H12ClNO2/c1-7(6-14-10(12)13)8-3-2-4-9(11)5-8/h2-5,7H,6H2,1H3,(H2,12,13)/t7-/m0/s1. The molecular weight excluding hydrogens is 202 g/mol. The molecule has 1 aromatic rings. The molecule has 0 bridgehead atoms. The summed E-state index contributed by atoms with van der Waals surface area (Å²) in [5.41, 5.74) is 5.89. The highest BCUT2D eigenvalue weighted by molar-refractivity contribution is 6.30. The highest BCUT2D eigenvalue weighted by Crippen LogP contribution is 2.19. The molecule has 0 fully saturated rings. The van der Waals surface area contributed by atoms with E-state index in [2.05, 4.69) is 0 Å². The van der Waals surface area contributed by atoms with Gasteiger partial charge in [-0.1, -0.05) is 30.7 Å². The van der Waals surface area contributed by atoms with E-state index in [9.17, 15) is 4.79 Å². The number of amides is 1. The van der Waals surface area contributed by atoms with Gasteiger partial charge >= 0.3 is 6.09 Å². The zero-order chi connectivity index (χ0) is 10.6. The lowest BCUT2D eigenvalue weighted by Crippen LogP contribution is -2.16. The first-order valence-corrected chi connectivity index (χ1v) is 4.65. The van der Waals surface area contributed by atoms with Crippen LogP contribution in [0.4, 0.5) is 4.79 Å². The van der Waals surface area contributed by atoms with E-state index in [1.807, 2.05) is 25.1 Å². The second kappa shape index (κ2) is 4.86. The maximum atomic E-state index is 10.4. The van der Waals surface area contributed by atoms with Gasteiger partial charge in [-0.3, -0.25) is 0 Å². The van der Waals surface area contributed by atoms with Crippen LogP contribution in [0.3, 0.4) is 0 Å². The molecule has 0 aromatic heterocycles. The molecule has 0 unspecified atom stereocenters. The van der Waals surface area contributed by atoms with E-state index in [4.69, 9.17) is 22.1 Å². The van der Waals surface area contributed by atoms with Crippen molar-refractivity contribution in [1.82, 2.24) is 0 Å². The highest BCUT2D eigenvalue weighted by atomic mass is 35.5. The molecule has 0 heterocycles. The Morgan fingerprint density at radius 3 is 2.93 bits per heavy atom. The van der Waals surface area contributed by atoms with Crippen LogP contribution in [0.25, 0.3) is 0 Å². The molecule has 76 valence electrons. The van der Waals surface area contributed by atoms with Crippen molar-refractivity contribution in [3.8, 4) is 0 Å². The van der Waals surface area contributed by atoms with Crippen molar-refractivity contribution in [3.63, 3.8) is 0 Å². The number of carbonyl (C=O) groups excluding carboxylic acids is 1. The van der Waals surface area contributed by atoms with E-state index in [0.717, 1.165) is 5.56 Å². The van der Waals surface area contributed by atoms with Crippen LogP contribution < -0.4 is 5.73 Å². The first-order valence-electron chi connectivity index (χ1n) is 4.27. The minimum atomic E-state index is -0.751. The van der Waals surface area contributed by atoms with Crippen molar-refractivity contribution in [2.24, 2.45) is 5.73 Å². The monoisotopic (exact) mass is 213 g/mol. The molecule has 0 spiro atoms. The molecule has 0 aliphatic carbocycles. The van der Waals surface area contributed by atoms with Crippen molar-refractivity contribution < 1.29 is 9.53 Å². The van der Waals surface area contributed by atoms with Crippen LogP contribution in [0, 0.1) is 0 Å². The van der Waals surface area contributed by atoms with Crippen molar-refractivity contribution in [3.05, 3.63) is 34.9 Å². The summed E-state index contributed by atoms with van der Waals surface area (Å²) in [5.74, 6) is 0.0983. The highest BCUT2D eigenvalue weighted by Gasteiger charge is 2.07. The van der Waals surface area contributed by atoms with Gasteiger partial charge in [0.1, 0.15) is 0 Å². The van der Waals surface area contributed by atoms with Gasteiger partial charge in [0.05, 0.1) is 6.61 Å². The number of hydrogen-bond donors (Lipinski definition) is 1. The van der Waals surface area contributed by atoms with Gasteiger partial charge in [-0.05, 0) is 17.7 Å². The molecule has 4 heteroatoms. The van der Waals surface area contributed by atoms with Crippen molar-refractivity contribution >= 4 is 17.7 Å². The van der Waals surface area contributed by atoms with Gasteiger partial charge < -0.3 is 10.5 Å². The Labute approximate surface area is 87.8 Å². The minimum Gasteiger partial charge on any atom is -0.449 e. The average Bonchev–Trinajstić information content (AvgIpc) is 2.14. The van der Waals surface area contributed by atoms with Crippen molar-refractivity contribution in [1.29, 1.82) is 0 Å². The molecule has 0 radical (unpaired) electrons. The normalized spacial score (nSPS) is 12.1. The van der Waals surface area contributed by atoms with Gasteiger partial charge in [0.2, 0.25) is 0 Å². The van der Waals surface area contributed by atoms with Crippen LogP contribution in [-0.4, -0.2) is 12.7 Å². The van der Waals surface area contributed by atoms with Gasteiger partial charge in [-0.15, -0.1) is 0 Å². The summed E-state index contributed by atoms with van der Waals surface area (Å²) in [7, 11) is 0. The molecule has 1 amide bonds. The fourth-order valence-electron chi connectivity index (χ4n) is 1.12. The number of ether oxygens (including phenoxy) is 1. The van der Waals surface area contributed by atoms with E-state index < -0.39 is 6.09 Å². The first kappa shape index (κ1) is 10.9. The molecule has 0 aliphatic rings. The minimum absolute atomic E-state index is 0.0983. The molecule has 0 saturated carbocycles. The van der Waals surface area contributed by atoms with Crippen LogP contribution in [0.5, 0.6) is 0 Å². The van der Waals surface area contributed by atoms with E-state index >= 15 is 0 Å². The van der Waals surface area contributed by atoms with Crippen LogP contribution in [0.1, 0.15) is 18.4 Å². The Bertz CT molecular complexity index is 328. The summed E-state index contributed by atoms with van der Waals surface area (Å²) in [6, 6.07) is 7.43. The summed E-state index contributed by atoms with van der Waals surface area (Å²) in [5, 5.41) is 0.674. The number of primary amides is 1. The molecule has 0 saturated heterocycles. The molecular formula is C10H12ClNO2. The summed E-state index contributed by atoms with van der Waals surface area (Å²) in [6.45, 7) is 2.21. The number of nitrogens with two attached hydrogens (primary N) is 1. The molecule has 0 aliphatic heterocycles. The Balaban J connectivity index is 2.60. The van der Waals surface area contributed by atoms with Crippen LogP contribution in [0.15, 0.2) is 24.3 Å². The second-order valence-corrected chi connectivity index (χ2v) is 3.52. The van der Waals surface area contributed by atoms with Crippen LogP contribution in [-0.2, 0) is 4.74 Å². The first-order chi connectivity index (χ1) is 6.59. The zero-order valence-electron chi connectivity index (χ0n) is 7.87. The maximum Gasteiger partial charge on any atom is 0.404 e. The van der Waals surface area contributed by atoms with E-state index in [1.165, 1.54) is 0 Å². The van der Waals surface area contributed by atoms with Gasteiger partial charge in [0, 0.05) is 10.9 Å². The van der Waals surface area contributed by atoms with Crippen LogP contribution >= 0.6 is 11.6 Å². The van der Waals surface area contributed by atoms with E-state index in [0.29, 0.717) is 5.02 Å². The number of rotatable bonds is 3. The van der Waals surface area contributed by atoms with Gasteiger partial charge in [-0.2, -0.15) is 0 Å². The smallest absolute Gasteiger partial charge is 0.404 e. The third-order valence-corrected chi connectivity index (χ3v) is 2.13. The third kappa shape index (κ3) is 3.26. The summed E-state index contributed by atoms with van der Waals surface area (Å²) < 4.78 is 4.69. The average molecular weight is 214 g/mol. The Hall–Kier alpha value is -1.22. The van der Waals surface area contributed by atoms with Crippen molar-refractivity contribution in [2.45, 2.75) is 12.8 Å². The largest absolute Gasteiger partial charge is 0.449 e. The zero-order valence-corrected chi connectivity index (χ0v) is 8.62. The topological polar surface area (TPSA) is 52.3 Å². The molecule has 14 heavy (non-hydrogen) atoms. The van der Waals surface area contributed by atoms with Gasteiger partial charge in [0.25, 0.3) is 0 Å². The molecule has 1 aromatic carbocycles. The number of benzene rings is 1. The number of halogens is 1. The predicted octanol–water partition coefficient (Wildman–Crippen LogP) is 2.54.